The first kappa shape index (κ1) is 29.0. The summed E-state index contributed by atoms with van der Waals surface area (Å²) in [5, 5.41) is 15.9. The topological polar surface area (TPSA) is 129 Å². The number of amides is 2. The van der Waals surface area contributed by atoms with Crippen LogP contribution in [0, 0.1) is 5.41 Å². The van der Waals surface area contributed by atoms with E-state index in [1.54, 1.807) is 25.6 Å². The molecule has 0 aliphatic carbocycles. The lowest BCUT2D eigenvalue weighted by molar-refractivity contribution is -0.152. The number of carbonyl (C=O) groups excluding carboxylic acids is 1. The van der Waals surface area contributed by atoms with Crippen LogP contribution in [-0.4, -0.2) is 64.9 Å². The number of benzene rings is 1. The maximum Gasteiger partial charge on any atom is 0.321 e. The molecule has 10 nitrogen and oxygen atoms in total. The van der Waals surface area contributed by atoms with Crippen molar-refractivity contribution in [3.05, 3.63) is 59.7 Å². The van der Waals surface area contributed by atoms with Gasteiger partial charge < -0.3 is 20.1 Å². The minimum Gasteiger partial charge on any atom is -0.497 e. The van der Waals surface area contributed by atoms with Crippen molar-refractivity contribution >= 4 is 50.5 Å². The van der Waals surface area contributed by atoms with Crippen LogP contribution in [0.5, 0.6) is 5.75 Å². The molecule has 11 heteroatoms. The number of urea groups is 1. The van der Waals surface area contributed by atoms with Crippen molar-refractivity contribution in [1.82, 2.24) is 20.2 Å². The molecule has 2 aliphatic rings. The second kappa shape index (κ2) is 12.6. The molecule has 2 aliphatic heterocycles. The molecule has 0 bridgehead atoms. The van der Waals surface area contributed by atoms with E-state index in [0.717, 1.165) is 39.0 Å². The van der Waals surface area contributed by atoms with E-state index in [2.05, 4.69) is 26.2 Å². The lowest BCUT2D eigenvalue weighted by Crippen LogP contribution is -2.43. The van der Waals surface area contributed by atoms with E-state index in [9.17, 15) is 14.7 Å². The van der Waals surface area contributed by atoms with Crippen molar-refractivity contribution in [1.29, 1.82) is 0 Å². The van der Waals surface area contributed by atoms with Crippen molar-refractivity contribution in [2.24, 2.45) is 10.4 Å². The Morgan fingerprint density at radius 2 is 2.02 bits per heavy atom. The van der Waals surface area contributed by atoms with E-state index >= 15 is 0 Å². The number of nitrogens with zero attached hydrogens (tertiary/aromatic N) is 4. The largest absolute Gasteiger partial charge is 0.497 e. The smallest absolute Gasteiger partial charge is 0.321 e. The van der Waals surface area contributed by atoms with Crippen molar-refractivity contribution < 1.29 is 19.4 Å². The standard InChI is InChI=1S/C31H34N6O4S/c1-4-10-31(28(38)39)11-14-37(15-12-31)26-8-6-7-20(19-34-26)21-16-23(24-18-22(41-3)9-13-33-24)27-25(17-21)35-30(42-27)36-29(40)32-5-2/h6-7,9,13,16-19H,4-5,10-12,14-15H2,1-3H3,(H,38,39)(H2,32,35,36,40). The SMILES string of the molecule is CCCC1(C(=O)O)CCN(C2=C=CC=C(c3cc(-c4cc(OC)ccn4)c4sc(NC(=O)NCC)nc4c3)C=N2)CC1. The first-order valence-corrected chi connectivity index (χ1v) is 14.9. The molecule has 0 unspecified atom stereocenters. The molecule has 1 saturated heterocycles. The molecule has 2 aromatic heterocycles. The number of rotatable bonds is 9. The van der Waals surface area contributed by atoms with Gasteiger partial charge in [-0.3, -0.25) is 15.1 Å². The lowest BCUT2D eigenvalue weighted by Gasteiger charge is -2.39. The third-order valence-corrected chi connectivity index (χ3v) is 8.65. The van der Waals surface area contributed by atoms with Crippen LogP contribution in [0.25, 0.3) is 27.0 Å². The number of carboxylic acid groups (broad SMARTS) is 1. The summed E-state index contributed by atoms with van der Waals surface area (Å²) in [5.41, 5.74) is 6.65. The lowest BCUT2D eigenvalue weighted by atomic mass is 9.75. The Bertz CT molecular complexity index is 1630. The maximum atomic E-state index is 12.2. The van der Waals surface area contributed by atoms with E-state index in [4.69, 9.17) is 14.7 Å². The predicted octanol–water partition coefficient (Wildman–Crippen LogP) is 5.94. The van der Waals surface area contributed by atoms with Gasteiger partial charge in [-0.15, -0.1) is 0 Å². The van der Waals surface area contributed by atoms with Crippen molar-refractivity contribution in [3.8, 4) is 17.0 Å². The predicted molar refractivity (Wildman–Crippen MR) is 166 cm³/mol. The minimum absolute atomic E-state index is 0.312. The van der Waals surface area contributed by atoms with Gasteiger partial charge in [-0.05, 0) is 62.1 Å². The quantitative estimate of drug-likeness (QED) is 0.265. The van der Waals surface area contributed by atoms with E-state index in [-0.39, 0.29) is 6.03 Å². The zero-order valence-electron chi connectivity index (χ0n) is 23.9. The van der Waals surface area contributed by atoms with Crippen LogP contribution in [0.15, 0.2) is 59.2 Å². The fourth-order valence-electron chi connectivity index (χ4n) is 5.39. The van der Waals surface area contributed by atoms with Gasteiger partial charge in [-0.1, -0.05) is 30.4 Å². The third-order valence-electron chi connectivity index (χ3n) is 7.63. The van der Waals surface area contributed by atoms with Gasteiger partial charge in [0.1, 0.15) is 5.75 Å². The van der Waals surface area contributed by atoms with Crippen molar-refractivity contribution in [2.75, 3.05) is 32.1 Å². The molecule has 3 N–H and O–H groups in total. The average molecular weight is 587 g/mol. The van der Waals surface area contributed by atoms with Gasteiger partial charge in [0.15, 0.2) is 11.0 Å². The summed E-state index contributed by atoms with van der Waals surface area (Å²) in [7, 11) is 1.61. The number of anilines is 1. The number of aliphatic carboxylic acids is 1. The Labute approximate surface area is 248 Å². The highest BCUT2D eigenvalue weighted by molar-refractivity contribution is 7.22. The van der Waals surface area contributed by atoms with E-state index < -0.39 is 11.4 Å². The number of hydrogen-bond donors (Lipinski definition) is 3. The summed E-state index contributed by atoms with van der Waals surface area (Å²) in [5.74, 6) is 0.669. The number of likely N-dealkylation sites (tertiary alicyclic amines) is 1. The number of hydrogen-bond acceptors (Lipinski definition) is 8. The molecule has 42 heavy (non-hydrogen) atoms. The number of piperidine rings is 1. The van der Waals surface area contributed by atoms with Gasteiger partial charge in [-0.2, -0.15) is 0 Å². The summed E-state index contributed by atoms with van der Waals surface area (Å²) in [4.78, 5) is 40.4. The number of thiazole rings is 1. The number of ether oxygens (including phenoxy) is 1. The summed E-state index contributed by atoms with van der Waals surface area (Å²) >= 11 is 1.38. The number of carbonyl (C=O) groups is 2. The molecule has 2 amide bonds. The van der Waals surface area contributed by atoms with Gasteiger partial charge >= 0.3 is 12.0 Å². The van der Waals surface area contributed by atoms with Gasteiger partial charge in [0.05, 0.1) is 28.4 Å². The molecule has 0 spiro atoms. The highest BCUT2D eigenvalue weighted by Crippen LogP contribution is 2.39. The molecular formula is C31H34N6O4S. The number of pyridine rings is 1. The molecule has 0 saturated carbocycles. The number of fused-ring (bicyclic) bond motifs is 1. The molecule has 5 rings (SSSR count). The average Bonchev–Trinajstić information content (AvgIpc) is 3.23. The molecule has 218 valence electrons. The Kier molecular flexibility index (Phi) is 8.70. The maximum absolute atomic E-state index is 12.2. The Hall–Kier alpha value is -4.47. The van der Waals surface area contributed by atoms with Crippen molar-refractivity contribution in [3.63, 3.8) is 0 Å². The van der Waals surface area contributed by atoms with Crippen LogP contribution >= 0.6 is 11.3 Å². The second-order valence-electron chi connectivity index (χ2n) is 10.3. The summed E-state index contributed by atoms with van der Waals surface area (Å²) in [6.45, 7) is 5.63. The monoisotopic (exact) mass is 586 g/mol. The first-order valence-electron chi connectivity index (χ1n) is 14.1. The summed E-state index contributed by atoms with van der Waals surface area (Å²) < 4.78 is 6.33. The van der Waals surface area contributed by atoms with Crippen LogP contribution < -0.4 is 15.4 Å². The number of nitrogens with one attached hydrogen (secondary N) is 2. The number of methoxy groups -OCH3 is 1. The number of carboxylic acids is 1. The Morgan fingerprint density at radius 1 is 1.21 bits per heavy atom. The highest BCUT2D eigenvalue weighted by atomic mass is 32.1. The van der Waals surface area contributed by atoms with Crippen LogP contribution in [0.4, 0.5) is 9.93 Å². The minimum atomic E-state index is -0.704. The van der Waals surface area contributed by atoms with Crippen LogP contribution in [0.2, 0.25) is 0 Å². The molecular weight excluding hydrogens is 552 g/mol. The van der Waals surface area contributed by atoms with Gasteiger partial charge in [0.2, 0.25) is 0 Å². The van der Waals surface area contributed by atoms with Crippen LogP contribution in [-0.2, 0) is 4.79 Å². The summed E-state index contributed by atoms with van der Waals surface area (Å²) in [6.07, 6.45) is 10.0. The molecule has 0 atom stereocenters. The molecule has 0 radical (unpaired) electrons. The number of allylic oxidation sites excluding steroid dienone is 3. The van der Waals surface area contributed by atoms with Crippen LogP contribution in [0.3, 0.4) is 0 Å². The fraction of sp³-hybridized carbons (Fsp3) is 0.355. The number of aliphatic imine (C=N–C) groups is 1. The highest BCUT2D eigenvalue weighted by Gasteiger charge is 2.41. The van der Waals surface area contributed by atoms with Crippen molar-refractivity contribution in [2.45, 2.75) is 39.5 Å². The Morgan fingerprint density at radius 3 is 2.74 bits per heavy atom. The fourth-order valence-corrected chi connectivity index (χ4v) is 6.35. The zero-order valence-corrected chi connectivity index (χ0v) is 24.8. The second-order valence-corrected chi connectivity index (χ2v) is 11.3. The molecule has 1 aromatic carbocycles. The van der Waals surface area contributed by atoms with E-state index in [0.29, 0.717) is 55.6 Å². The first-order chi connectivity index (χ1) is 20.4. The third kappa shape index (κ3) is 6.07. The van der Waals surface area contributed by atoms with Gasteiger partial charge in [0.25, 0.3) is 0 Å². The zero-order chi connectivity index (χ0) is 29.7. The van der Waals surface area contributed by atoms with E-state index in [1.165, 1.54) is 11.3 Å². The van der Waals surface area contributed by atoms with E-state index in [1.807, 2.05) is 44.2 Å². The van der Waals surface area contributed by atoms with Gasteiger partial charge in [-0.25, -0.2) is 14.8 Å². The number of aromatic nitrogens is 2. The normalized spacial score (nSPS) is 16.0. The molecule has 4 heterocycles. The summed E-state index contributed by atoms with van der Waals surface area (Å²) in [6, 6.07) is 7.37. The Balaban J connectivity index is 1.45. The molecule has 1 fully saturated rings. The van der Waals surface area contributed by atoms with Gasteiger partial charge in [0, 0.05) is 49.2 Å². The molecule has 3 aromatic rings. The van der Waals surface area contributed by atoms with Crippen LogP contribution in [0.1, 0.15) is 45.1 Å².